The molecule has 0 aliphatic carbocycles. The van der Waals surface area contributed by atoms with Crippen molar-refractivity contribution in [3.05, 3.63) is 50.9 Å². The fraction of sp³-hybridized carbons (Fsp3) is 0.308. The van der Waals surface area contributed by atoms with Crippen molar-refractivity contribution in [2.24, 2.45) is 5.73 Å². The van der Waals surface area contributed by atoms with Gasteiger partial charge in [0.1, 0.15) is 0 Å². The van der Waals surface area contributed by atoms with E-state index in [2.05, 4.69) is 4.98 Å². The largest absolute Gasteiger partial charge is 0.321 e. The molecule has 4 heteroatoms. The molecule has 0 fully saturated rings. The van der Waals surface area contributed by atoms with Crippen LogP contribution in [0, 0.1) is 6.92 Å². The summed E-state index contributed by atoms with van der Waals surface area (Å²) < 4.78 is 0. The maximum Gasteiger partial charge on any atom is 0.0949 e. The van der Waals surface area contributed by atoms with Crippen molar-refractivity contribution in [2.45, 2.75) is 25.8 Å². The summed E-state index contributed by atoms with van der Waals surface area (Å²) in [6, 6.07) is 7.71. The second-order valence-corrected chi connectivity index (χ2v) is 5.87. The molecule has 2 N–H and O–H groups in total. The molecule has 0 radical (unpaired) electrons. The van der Waals surface area contributed by atoms with Gasteiger partial charge in [-0.3, -0.25) is 0 Å². The molecule has 2 aromatic rings. The molecule has 0 amide bonds. The molecule has 1 unspecified atom stereocenters. The molecule has 1 atom stereocenters. The zero-order chi connectivity index (χ0) is 12.5. The molecule has 90 valence electrons. The topological polar surface area (TPSA) is 38.9 Å². The van der Waals surface area contributed by atoms with Gasteiger partial charge < -0.3 is 5.73 Å². The highest BCUT2D eigenvalue weighted by atomic mass is 35.5. The molecule has 2 nitrogen and oxygen atoms in total. The van der Waals surface area contributed by atoms with Crippen molar-refractivity contribution in [2.75, 3.05) is 0 Å². The molecule has 0 spiro atoms. The SMILES string of the molecule is Cc1csc(CC(C)(N)c2cccc(Cl)c2)n1. The third-order valence-electron chi connectivity index (χ3n) is 2.67. The van der Waals surface area contributed by atoms with E-state index in [1.54, 1.807) is 11.3 Å². The molecule has 0 saturated carbocycles. The van der Waals surface area contributed by atoms with E-state index in [0.717, 1.165) is 27.7 Å². The molecule has 0 aliphatic heterocycles. The summed E-state index contributed by atoms with van der Waals surface area (Å²) in [5.41, 5.74) is 8.01. The highest BCUT2D eigenvalue weighted by Gasteiger charge is 2.23. The normalized spacial score (nSPS) is 14.6. The Morgan fingerprint density at radius 1 is 1.47 bits per heavy atom. The summed E-state index contributed by atoms with van der Waals surface area (Å²) in [6.45, 7) is 4.00. The zero-order valence-corrected chi connectivity index (χ0v) is 11.5. The Morgan fingerprint density at radius 3 is 2.82 bits per heavy atom. The summed E-state index contributed by atoms with van der Waals surface area (Å²) in [5.74, 6) is 0. The minimum atomic E-state index is -0.435. The van der Waals surface area contributed by atoms with Gasteiger partial charge in [-0.15, -0.1) is 11.3 Å². The number of halogens is 1. The van der Waals surface area contributed by atoms with Gasteiger partial charge in [-0.1, -0.05) is 23.7 Å². The highest BCUT2D eigenvalue weighted by molar-refractivity contribution is 7.09. The summed E-state index contributed by atoms with van der Waals surface area (Å²) in [6.07, 6.45) is 0.728. The Kier molecular flexibility index (Phi) is 3.52. The molecule has 1 heterocycles. The Morgan fingerprint density at radius 2 is 2.24 bits per heavy atom. The van der Waals surface area contributed by atoms with Gasteiger partial charge in [-0.2, -0.15) is 0 Å². The minimum Gasteiger partial charge on any atom is -0.321 e. The molecule has 0 bridgehead atoms. The molecule has 0 saturated heterocycles. The van der Waals surface area contributed by atoms with Crippen LogP contribution in [-0.2, 0) is 12.0 Å². The van der Waals surface area contributed by atoms with Crippen molar-refractivity contribution >= 4 is 22.9 Å². The average molecular weight is 267 g/mol. The van der Waals surface area contributed by atoms with Crippen LogP contribution in [0.1, 0.15) is 23.2 Å². The van der Waals surface area contributed by atoms with Gasteiger partial charge in [-0.25, -0.2) is 4.98 Å². The number of aryl methyl sites for hydroxylation is 1. The monoisotopic (exact) mass is 266 g/mol. The molecule has 1 aromatic heterocycles. The predicted octanol–water partition coefficient (Wildman–Crippen LogP) is 3.52. The smallest absolute Gasteiger partial charge is 0.0949 e. The van der Waals surface area contributed by atoms with Crippen LogP contribution in [-0.4, -0.2) is 4.98 Å². The third-order valence-corrected chi connectivity index (χ3v) is 3.87. The van der Waals surface area contributed by atoms with Crippen LogP contribution >= 0.6 is 22.9 Å². The summed E-state index contributed by atoms with van der Waals surface area (Å²) in [4.78, 5) is 4.45. The van der Waals surface area contributed by atoms with E-state index in [1.807, 2.05) is 43.5 Å². The van der Waals surface area contributed by atoms with E-state index >= 15 is 0 Å². The third kappa shape index (κ3) is 3.06. The van der Waals surface area contributed by atoms with Gasteiger partial charge in [0.15, 0.2) is 0 Å². The first-order valence-electron chi connectivity index (χ1n) is 5.43. The molecular formula is C13H15ClN2S. The molecule has 1 aromatic carbocycles. The fourth-order valence-electron chi connectivity index (χ4n) is 1.74. The summed E-state index contributed by atoms with van der Waals surface area (Å²) in [7, 11) is 0. The van der Waals surface area contributed by atoms with Crippen molar-refractivity contribution < 1.29 is 0 Å². The number of rotatable bonds is 3. The van der Waals surface area contributed by atoms with Crippen molar-refractivity contribution in [3.63, 3.8) is 0 Å². The van der Waals surface area contributed by atoms with Crippen molar-refractivity contribution in [3.8, 4) is 0 Å². The highest BCUT2D eigenvalue weighted by Crippen LogP contribution is 2.26. The lowest BCUT2D eigenvalue weighted by atomic mass is 9.90. The van der Waals surface area contributed by atoms with Gasteiger partial charge >= 0.3 is 0 Å². The van der Waals surface area contributed by atoms with Crippen LogP contribution in [0.15, 0.2) is 29.6 Å². The minimum absolute atomic E-state index is 0.435. The van der Waals surface area contributed by atoms with E-state index in [0.29, 0.717) is 0 Å². The van der Waals surface area contributed by atoms with Crippen LogP contribution < -0.4 is 5.73 Å². The maximum atomic E-state index is 6.36. The Balaban J connectivity index is 2.24. The van der Waals surface area contributed by atoms with E-state index in [1.165, 1.54) is 0 Å². The Hall–Kier alpha value is -0.900. The van der Waals surface area contributed by atoms with Crippen LogP contribution in [0.3, 0.4) is 0 Å². The van der Waals surface area contributed by atoms with Crippen LogP contribution in [0.2, 0.25) is 5.02 Å². The van der Waals surface area contributed by atoms with Crippen molar-refractivity contribution in [1.29, 1.82) is 0 Å². The Bertz CT molecular complexity index is 520. The van der Waals surface area contributed by atoms with Crippen LogP contribution in [0.5, 0.6) is 0 Å². The standard InChI is InChI=1S/C13H15ClN2S/c1-9-8-17-12(16-9)7-13(2,15)10-4-3-5-11(14)6-10/h3-6,8H,7,15H2,1-2H3. The number of nitrogens with zero attached hydrogens (tertiary/aromatic N) is 1. The maximum absolute atomic E-state index is 6.36. The van der Waals surface area contributed by atoms with E-state index in [9.17, 15) is 0 Å². The Labute approximate surface area is 110 Å². The van der Waals surface area contributed by atoms with Gasteiger partial charge in [0.2, 0.25) is 0 Å². The number of benzene rings is 1. The molecule has 0 aliphatic rings. The molecule has 17 heavy (non-hydrogen) atoms. The second-order valence-electron chi connectivity index (χ2n) is 4.49. The first-order valence-corrected chi connectivity index (χ1v) is 6.69. The van der Waals surface area contributed by atoms with Crippen LogP contribution in [0.4, 0.5) is 0 Å². The lowest BCUT2D eigenvalue weighted by Crippen LogP contribution is -2.35. The number of nitrogens with two attached hydrogens (primary N) is 1. The number of thiazole rings is 1. The number of hydrogen-bond acceptors (Lipinski definition) is 3. The van der Waals surface area contributed by atoms with Gasteiger partial charge in [0.05, 0.1) is 5.01 Å². The summed E-state index contributed by atoms with van der Waals surface area (Å²) in [5, 5.41) is 3.82. The van der Waals surface area contributed by atoms with E-state index in [-0.39, 0.29) is 0 Å². The second kappa shape index (κ2) is 4.77. The number of hydrogen-bond donors (Lipinski definition) is 1. The van der Waals surface area contributed by atoms with Gasteiger partial charge in [0, 0.05) is 28.1 Å². The van der Waals surface area contributed by atoms with Gasteiger partial charge in [0.25, 0.3) is 0 Å². The van der Waals surface area contributed by atoms with Gasteiger partial charge in [-0.05, 0) is 31.5 Å². The predicted molar refractivity (Wildman–Crippen MR) is 73.5 cm³/mol. The lowest BCUT2D eigenvalue weighted by molar-refractivity contribution is 0.490. The zero-order valence-electron chi connectivity index (χ0n) is 9.90. The lowest BCUT2D eigenvalue weighted by Gasteiger charge is -2.24. The average Bonchev–Trinajstić information content (AvgIpc) is 2.63. The molecular weight excluding hydrogens is 252 g/mol. The quantitative estimate of drug-likeness (QED) is 0.923. The fourth-order valence-corrected chi connectivity index (χ4v) is 2.87. The first kappa shape index (κ1) is 12.6. The van der Waals surface area contributed by atoms with Crippen LogP contribution in [0.25, 0.3) is 0 Å². The molecule has 2 rings (SSSR count). The number of aromatic nitrogens is 1. The summed E-state index contributed by atoms with van der Waals surface area (Å²) >= 11 is 7.64. The van der Waals surface area contributed by atoms with E-state index in [4.69, 9.17) is 17.3 Å². The van der Waals surface area contributed by atoms with Crippen molar-refractivity contribution in [1.82, 2.24) is 4.98 Å². The van der Waals surface area contributed by atoms with E-state index < -0.39 is 5.54 Å². The first-order chi connectivity index (χ1) is 7.97.